The summed E-state index contributed by atoms with van der Waals surface area (Å²) in [6.45, 7) is 3.76. The number of benzene rings is 1. The predicted octanol–water partition coefficient (Wildman–Crippen LogP) is 2.97. The second kappa shape index (κ2) is 8.89. The summed E-state index contributed by atoms with van der Waals surface area (Å²) in [5.74, 6) is 6.81. The van der Waals surface area contributed by atoms with Gasteiger partial charge in [-0.05, 0) is 62.2 Å². The Morgan fingerprint density at radius 1 is 1.07 bits per heavy atom. The summed E-state index contributed by atoms with van der Waals surface area (Å²) in [6.07, 6.45) is 4.25. The van der Waals surface area contributed by atoms with E-state index in [-0.39, 0.29) is 0 Å². The largest absolute Gasteiger partial charge is 0.474 e. The van der Waals surface area contributed by atoms with Crippen molar-refractivity contribution >= 4 is 16.9 Å². The molecule has 148 valence electrons. The maximum Gasteiger partial charge on any atom is 0.249 e. The fourth-order valence-corrected chi connectivity index (χ4v) is 3.33. The number of nitrogens with zero attached hydrogens (tertiary/aromatic N) is 5. The quantitative estimate of drug-likeness (QED) is 0.628. The molecule has 0 amide bonds. The minimum atomic E-state index is 0.473. The van der Waals surface area contributed by atoms with Gasteiger partial charge in [-0.15, -0.1) is 0 Å². The lowest BCUT2D eigenvalue weighted by atomic mass is 10.2. The van der Waals surface area contributed by atoms with Gasteiger partial charge in [-0.3, -0.25) is 4.90 Å². The first kappa shape index (κ1) is 19.2. The van der Waals surface area contributed by atoms with Crippen molar-refractivity contribution < 1.29 is 4.74 Å². The van der Waals surface area contributed by atoms with E-state index in [1.54, 1.807) is 6.20 Å². The van der Waals surface area contributed by atoms with Crippen LogP contribution >= 0.6 is 0 Å². The van der Waals surface area contributed by atoms with Gasteiger partial charge in [0.15, 0.2) is 11.3 Å². The number of hydrogen-bond donors (Lipinski definition) is 0. The molecule has 6 nitrogen and oxygen atoms in total. The minimum Gasteiger partial charge on any atom is -0.474 e. The van der Waals surface area contributed by atoms with Crippen molar-refractivity contribution in [3.63, 3.8) is 0 Å². The molecule has 0 unspecified atom stereocenters. The first-order chi connectivity index (χ1) is 14.2. The number of anilines is 1. The molecular weight excluding hydrogens is 362 g/mol. The summed E-state index contributed by atoms with van der Waals surface area (Å²) in [7, 11) is 4.03. The van der Waals surface area contributed by atoms with Gasteiger partial charge in [0.05, 0.1) is 0 Å². The molecule has 1 aliphatic rings. The van der Waals surface area contributed by atoms with Gasteiger partial charge in [0, 0.05) is 38.1 Å². The van der Waals surface area contributed by atoms with Crippen LogP contribution in [-0.4, -0.2) is 60.2 Å². The smallest absolute Gasteiger partial charge is 0.249 e. The normalized spacial score (nSPS) is 13.9. The number of pyridine rings is 1. The lowest BCUT2D eigenvalue weighted by Crippen LogP contribution is -2.25. The van der Waals surface area contributed by atoms with Gasteiger partial charge in [0.1, 0.15) is 12.1 Å². The number of likely N-dealkylation sites (tertiary alicyclic amines) is 1. The second-order valence-electron chi connectivity index (χ2n) is 7.32. The van der Waals surface area contributed by atoms with Crippen LogP contribution < -0.4 is 9.64 Å². The Balaban J connectivity index is 1.60. The zero-order chi connectivity index (χ0) is 20.1. The Bertz CT molecular complexity index is 1050. The monoisotopic (exact) mass is 387 g/mol. The molecule has 0 atom stereocenters. The maximum absolute atomic E-state index is 6.00. The maximum atomic E-state index is 6.00. The number of hydrogen-bond acceptors (Lipinski definition) is 6. The zero-order valence-electron chi connectivity index (χ0n) is 16.9. The molecule has 4 rings (SSSR count). The molecule has 6 heteroatoms. The lowest BCUT2D eigenvalue weighted by Gasteiger charge is -2.15. The van der Waals surface area contributed by atoms with Gasteiger partial charge in [-0.2, -0.15) is 0 Å². The van der Waals surface area contributed by atoms with E-state index in [1.807, 2.05) is 44.4 Å². The van der Waals surface area contributed by atoms with Gasteiger partial charge in [0.2, 0.25) is 5.88 Å². The fraction of sp³-hybridized carbons (Fsp3) is 0.348. The second-order valence-corrected chi connectivity index (χ2v) is 7.32. The van der Waals surface area contributed by atoms with Crippen LogP contribution in [0.25, 0.3) is 11.2 Å². The van der Waals surface area contributed by atoms with Gasteiger partial charge in [-0.25, -0.2) is 15.0 Å². The standard InChI is InChI=1S/C23H25N5O/c1-27(2)19-8-5-7-18(17-19)10-11-21-23(29-16-15-28-13-3-4-14-28)26-20-9-6-12-24-22(20)25-21/h5-9,12,17H,3-4,13-16H2,1-2H3. The number of aromatic nitrogens is 3. The van der Waals surface area contributed by atoms with E-state index in [1.165, 1.54) is 12.8 Å². The van der Waals surface area contributed by atoms with E-state index < -0.39 is 0 Å². The summed E-state index contributed by atoms with van der Waals surface area (Å²) in [5.41, 5.74) is 3.83. The highest BCUT2D eigenvalue weighted by Crippen LogP contribution is 2.18. The van der Waals surface area contributed by atoms with E-state index in [4.69, 9.17) is 4.74 Å². The van der Waals surface area contributed by atoms with Gasteiger partial charge in [-0.1, -0.05) is 12.0 Å². The van der Waals surface area contributed by atoms with Crippen molar-refractivity contribution in [3.8, 4) is 17.7 Å². The van der Waals surface area contributed by atoms with Crippen molar-refractivity contribution in [1.82, 2.24) is 19.9 Å². The topological polar surface area (TPSA) is 54.4 Å². The predicted molar refractivity (Wildman–Crippen MR) is 115 cm³/mol. The Kier molecular flexibility index (Phi) is 5.87. The Morgan fingerprint density at radius 3 is 2.76 bits per heavy atom. The van der Waals surface area contributed by atoms with Gasteiger partial charge in [0.25, 0.3) is 0 Å². The number of rotatable bonds is 5. The molecule has 1 aromatic carbocycles. The number of fused-ring (bicyclic) bond motifs is 1. The van der Waals surface area contributed by atoms with Crippen molar-refractivity contribution in [2.24, 2.45) is 0 Å². The molecule has 1 aliphatic heterocycles. The first-order valence-electron chi connectivity index (χ1n) is 9.96. The van der Waals surface area contributed by atoms with Crippen LogP contribution in [0.4, 0.5) is 5.69 Å². The summed E-state index contributed by atoms with van der Waals surface area (Å²) >= 11 is 0. The van der Waals surface area contributed by atoms with E-state index >= 15 is 0 Å². The summed E-state index contributed by atoms with van der Waals surface area (Å²) < 4.78 is 6.00. The molecule has 3 heterocycles. The average Bonchev–Trinajstić information content (AvgIpc) is 3.26. The fourth-order valence-electron chi connectivity index (χ4n) is 3.33. The SMILES string of the molecule is CN(C)c1cccc(C#Cc2nc3ncccc3nc2OCCN2CCCC2)c1. The Hall–Kier alpha value is -3.17. The van der Waals surface area contributed by atoms with Crippen LogP contribution in [-0.2, 0) is 0 Å². The highest BCUT2D eigenvalue weighted by molar-refractivity contribution is 5.71. The highest BCUT2D eigenvalue weighted by atomic mass is 16.5. The highest BCUT2D eigenvalue weighted by Gasteiger charge is 2.13. The lowest BCUT2D eigenvalue weighted by molar-refractivity contribution is 0.231. The van der Waals surface area contributed by atoms with E-state index in [9.17, 15) is 0 Å². The molecule has 1 fully saturated rings. The van der Waals surface area contributed by atoms with Crippen molar-refractivity contribution in [2.45, 2.75) is 12.8 Å². The third-order valence-electron chi connectivity index (χ3n) is 4.94. The Labute approximate surface area is 171 Å². The van der Waals surface area contributed by atoms with E-state index in [0.717, 1.165) is 30.9 Å². The molecule has 0 bridgehead atoms. The molecule has 0 saturated carbocycles. The van der Waals surface area contributed by atoms with Gasteiger partial charge < -0.3 is 9.64 Å². The summed E-state index contributed by atoms with van der Waals surface area (Å²) in [5, 5.41) is 0. The third-order valence-corrected chi connectivity index (χ3v) is 4.94. The molecule has 3 aromatic rings. The van der Waals surface area contributed by atoms with Crippen molar-refractivity contribution in [2.75, 3.05) is 45.2 Å². The minimum absolute atomic E-state index is 0.473. The Morgan fingerprint density at radius 2 is 1.93 bits per heavy atom. The van der Waals surface area contributed by atoms with Gasteiger partial charge >= 0.3 is 0 Å². The molecule has 29 heavy (non-hydrogen) atoms. The van der Waals surface area contributed by atoms with Crippen LogP contribution in [0.15, 0.2) is 42.6 Å². The molecule has 2 aromatic heterocycles. The molecular formula is C23H25N5O. The third kappa shape index (κ3) is 4.82. The molecule has 0 radical (unpaired) electrons. The average molecular weight is 387 g/mol. The number of ether oxygens (including phenoxy) is 1. The summed E-state index contributed by atoms with van der Waals surface area (Å²) in [4.78, 5) is 18.0. The summed E-state index contributed by atoms with van der Waals surface area (Å²) in [6, 6.07) is 11.8. The van der Waals surface area contributed by atoms with Crippen LogP contribution in [0, 0.1) is 11.8 Å². The van der Waals surface area contributed by atoms with Crippen LogP contribution in [0.3, 0.4) is 0 Å². The molecule has 0 aliphatic carbocycles. The van der Waals surface area contributed by atoms with Crippen LogP contribution in [0.2, 0.25) is 0 Å². The molecule has 0 spiro atoms. The van der Waals surface area contributed by atoms with Crippen LogP contribution in [0.5, 0.6) is 5.88 Å². The molecule has 1 saturated heterocycles. The van der Waals surface area contributed by atoms with Crippen molar-refractivity contribution in [3.05, 3.63) is 53.9 Å². The van der Waals surface area contributed by atoms with Crippen LogP contribution in [0.1, 0.15) is 24.1 Å². The first-order valence-corrected chi connectivity index (χ1v) is 9.96. The molecule has 0 N–H and O–H groups in total. The van der Waals surface area contributed by atoms with Crippen molar-refractivity contribution in [1.29, 1.82) is 0 Å². The zero-order valence-corrected chi connectivity index (χ0v) is 16.9. The van der Waals surface area contributed by atoms with E-state index in [2.05, 4.69) is 42.7 Å². The van der Waals surface area contributed by atoms with E-state index in [0.29, 0.717) is 29.3 Å².